The maximum absolute atomic E-state index is 12.4. The lowest BCUT2D eigenvalue weighted by Gasteiger charge is -2.61. The normalized spacial score (nSPS) is 40.0. The summed E-state index contributed by atoms with van der Waals surface area (Å²) in [6, 6.07) is 4.80. The van der Waals surface area contributed by atoms with E-state index in [1.165, 1.54) is 44.1 Å². The number of hydrogen-bond donors (Lipinski definition) is 0. The van der Waals surface area contributed by atoms with Crippen LogP contribution >= 0.6 is 0 Å². The highest BCUT2D eigenvalue weighted by Crippen LogP contribution is 2.68. The Bertz CT molecular complexity index is 905. The molecular weight excluding hydrogens is 414 g/mol. The second-order valence-corrected chi connectivity index (χ2v) is 11.6. The van der Waals surface area contributed by atoms with Crippen LogP contribution in [-0.2, 0) is 4.79 Å². The van der Waals surface area contributed by atoms with Gasteiger partial charge in [0.15, 0.2) is 11.5 Å². The minimum absolute atomic E-state index is 0.275. The van der Waals surface area contributed by atoms with E-state index >= 15 is 0 Å². The molecule has 5 heteroatoms. The van der Waals surface area contributed by atoms with E-state index in [0.29, 0.717) is 29.0 Å². The number of ether oxygens (including phenoxy) is 3. The van der Waals surface area contributed by atoms with Crippen LogP contribution in [-0.4, -0.2) is 45.2 Å². The summed E-state index contributed by atoms with van der Waals surface area (Å²) in [7, 11) is 7.13. The van der Waals surface area contributed by atoms with Gasteiger partial charge in [0.2, 0.25) is 11.7 Å². The zero-order chi connectivity index (χ0) is 23.5. The van der Waals surface area contributed by atoms with Crippen LogP contribution in [0.1, 0.15) is 76.7 Å². The van der Waals surface area contributed by atoms with Crippen molar-refractivity contribution in [2.24, 2.45) is 28.6 Å². The van der Waals surface area contributed by atoms with Crippen LogP contribution in [0.2, 0.25) is 0 Å². The molecule has 0 spiro atoms. The first-order valence-electron chi connectivity index (χ1n) is 12.8. The number of carbonyl (C=O) groups excluding carboxylic acids is 1. The van der Waals surface area contributed by atoms with E-state index in [2.05, 4.69) is 30.9 Å². The monoisotopic (exact) mass is 455 g/mol. The average Bonchev–Trinajstić information content (AvgIpc) is 3.18. The maximum Gasteiger partial charge on any atom is 0.222 e. The zero-order valence-electron chi connectivity index (χ0n) is 21.3. The summed E-state index contributed by atoms with van der Waals surface area (Å²) in [5.74, 6) is 5.32. The van der Waals surface area contributed by atoms with Gasteiger partial charge in [-0.3, -0.25) is 4.79 Å². The molecule has 7 atom stereocenters. The number of rotatable bonds is 4. The van der Waals surface area contributed by atoms with E-state index in [1.807, 2.05) is 7.05 Å². The molecule has 5 nitrogen and oxygen atoms in total. The van der Waals surface area contributed by atoms with Crippen LogP contribution in [0.25, 0.3) is 0 Å². The number of carbonyl (C=O) groups is 1. The van der Waals surface area contributed by atoms with Gasteiger partial charge >= 0.3 is 0 Å². The van der Waals surface area contributed by atoms with E-state index in [-0.39, 0.29) is 5.41 Å². The maximum atomic E-state index is 12.4. The van der Waals surface area contributed by atoms with Gasteiger partial charge in [-0.25, -0.2) is 0 Å². The van der Waals surface area contributed by atoms with Crippen molar-refractivity contribution in [1.82, 2.24) is 4.90 Å². The molecule has 0 radical (unpaired) electrons. The number of benzene rings is 1. The smallest absolute Gasteiger partial charge is 0.222 e. The molecule has 3 aliphatic carbocycles. The van der Waals surface area contributed by atoms with Crippen molar-refractivity contribution in [1.29, 1.82) is 0 Å². The predicted molar refractivity (Wildman–Crippen MR) is 129 cm³/mol. The summed E-state index contributed by atoms with van der Waals surface area (Å²) in [6.07, 6.45) is 9.31. The van der Waals surface area contributed by atoms with E-state index < -0.39 is 0 Å². The molecule has 0 N–H and O–H groups in total. The molecule has 5 rings (SSSR count). The molecule has 4 fully saturated rings. The first-order chi connectivity index (χ1) is 15.8. The van der Waals surface area contributed by atoms with Crippen molar-refractivity contribution in [2.75, 3.05) is 28.4 Å². The van der Waals surface area contributed by atoms with Crippen LogP contribution in [0.3, 0.4) is 0 Å². The predicted octanol–water partition coefficient (Wildman–Crippen LogP) is 5.66. The molecule has 182 valence electrons. The molecule has 33 heavy (non-hydrogen) atoms. The van der Waals surface area contributed by atoms with Gasteiger partial charge in [-0.05, 0) is 97.1 Å². The minimum atomic E-state index is 0.275. The second-order valence-electron chi connectivity index (χ2n) is 11.6. The quantitative estimate of drug-likeness (QED) is 0.588. The summed E-state index contributed by atoms with van der Waals surface area (Å²) < 4.78 is 17.0. The van der Waals surface area contributed by atoms with Gasteiger partial charge in [-0.15, -0.1) is 0 Å². The van der Waals surface area contributed by atoms with Crippen molar-refractivity contribution in [2.45, 2.75) is 77.2 Å². The molecule has 0 bridgehead atoms. The zero-order valence-corrected chi connectivity index (χ0v) is 21.3. The van der Waals surface area contributed by atoms with Gasteiger partial charge in [-0.2, -0.15) is 0 Å². The van der Waals surface area contributed by atoms with Crippen molar-refractivity contribution < 1.29 is 19.0 Å². The number of fused-ring (bicyclic) bond motifs is 5. The summed E-state index contributed by atoms with van der Waals surface area (Å²) in [5, 5.41) is 0. The third-order valence-corrected chi connectivity index (χ3v) is 10.6. The Morgan fingerprint density at radius 3 is 2.15 bits per heavy atom. The van der Waals surface area contributed by atoms with Crippen LogP contribution in [0.15, 0.2) is 12.1 Å². The Morgan fingerprint density at radius 1 is 0.848 bits per heavy atom. The fourth-order valence-corrected chi connectivity index (χ4v) is 9.00. The van der Waals surface area contributed by atoms with Crippen molar-refractivity contribution in [3.8, 4) is 17.2 Å². The van der Waals surface area contributed by atoms with Crippen LogP contribution < -0.4 is 14.2 Å². The molecule has 1 saturated heterocycles. The van der Waals surface area contributed by atoms with Crippen LogP contribution in [0, 0.1) is 28.6 Å². The standard InChI is InChI=1S/C28H41NO4/c1-27-13-11-21-18(7-10-24-28(21,2)14-12-25(30)29(24)3)20(27)9-8-19(27)17-15-22(31-4)26(33-6)23(16-17)32-5/h15-16,18-21,24H,7-14H2,1-6H3/t18-,19?,20-,21+,24?,27+,28+/m0/s1. The lowest BCUT2D eigenvalue weighted by atomic mass is 9.46. The highest BCUT2D eigenvalue weighted by Gasteiger charge is 2.61. The Hall–Kier alpha value is -1.91. The Kier molecular flexibility index (Phi) is 5.61. The Morgan fingerprint density at radius 2 is 1.52 bits per heavy atom. The number of piperidine rings is 1. The van der Waals surface area contributed by atoms with Crippen LogP contribution in [0.5, 0.6) is 17.2 Å². The van der Waals surface area contributed by atoms with E-state index in [9.17, 15) is 4.79 Å². The number of likely N-dealkylation sites (tertiary alicyclic amines) is 1. The number of hydrogen-bond acceptors (Lipinski definition) is 4. The van der Waals surface area contributed by atoms with Gasteiger partial charge < -0.3 is 19.1 Å². The van der Waals surface area contributed by atoms with E-state index in [0.717, 1.165) is 42.1 Å². The molecule has 1 aromatic rings. The third-order valence-electron chi connectivity index (χ3n) is 10.6. The largest absolute Gasteiger partial charge is 0.493 e. The van der Waals surface area contributed by atoms with Crippen molar-refractivity contribution >= 4 is 5.91 Å². The molecule has 1 heterocycles. The molecule has 4 aliphatic rings. The molecular formula is C28H41NO4. The van der Waals surface area contributed by atoms with Gasteiger partial charge in [-0.1, -0.05) is 13.8 Å². The first kappa shape index (κ1) is 22.9. The van der Waals surface area contributed by atoms with Gasteiger partial charge in [0.05, 0.1) is 21.3 Å². The highest BCUT2D eigenvalue weighted by atomic mass is 16.5. The molecule has 3 saturated carbocycles. The number of nitrogens with zero attached hydrogens (tertiary/aromatic N) is 1. The Balaban J connectivity index is 1.46. The SMILES string of the molecule is COc1cc(C2CC[C@H]3[C@@H]4CCC5N(C)C(=O)CC[C@]5(C)[C@@H]4CC[C@]23C)cc(OC)c1OC. The summed E-state index contributed by atoms with van der Waals surface area (Å²) in [4.78, 5) is 14.5. The summed E-state index contributed by atoms with van der Waals surface area (Å²) >= 11 is 0. The number of amides is 1. The molecule has 1 amide bonds. The van der Waals surface area contributed by atoms with Crippen molar-refractivity contribution in [3.05, 3.63) is 17.7 Å². The lowest BCUT2D eigenvalue weighted by Crippen LogP contribution is -2.61. The topological polar surface area (TPSA) is 48.0 Å². The van der Waals surface area contributed by atoms with Gasteiger partial charge in [0.25, 0.3) is 0 Å². The molecule has 2 unspecified atom stereocenters. The van der Waals surface area contributed by atoms with Gasteiger partial charge in [0.1, 0.15) is 0 Å². The first-order valence-corrected chi connectivity index (χ1v) is 12.8. The molecule has 0 aromatic heterocycles. The summed E-state index contributed by atoms with van der Waals surface area (Å²) in [6.45, 7) is 5.06. The average molecular weight is 456 g/mol. The molecule has 1 aromatic carbocycles. The highest BCUT2D eigenvalue weighted by molar-refractivity contribution is 5.77. The molecule has 1 aliphatic heterocycles. The fourth-order valence-electron chi connectivity index (χ4n) is 9.00. The van der Waals surface area contributed by atoms with Crippen LogP contribution in [0.4, 0.5) is 0 Å². The minimum Gasteiger partial charge on any atom is -0.493 e. The van der Waals surface area contributed by atoms with Crippen molar-refractivity contribution in [3.63, 3.8) is 0 Å². The van der Waals surface area contributed by atoms with E-state index in [1.54, 1.807) is 21.3 Å². The summed E-state index contributed by atoms with van der Waals surface area (Å²) in [5.41, 5.74) is 1.90. The van der Waals surface area contributed by atoms with Gasteiger partial charge in [0, 0.05) is 19.5 Å². The van der Waals surface area contributed by atoms with E-state index in [4.69, 9.17) is 14.2 Å². The second kappa shape index (κ2) is 8.09. The Labute approximate surface area is 199 Å². The third kappa shape index (κ3) is 3.20. The fraction of sp³-hybridized carbons (Fsp3) is 0.750. The number of methoxy groups -OCH3 is 3. The lowest BCUT2D eigenvalue weighted by molar-refractivity contribution is -0.157.